The number of rotatable bonds is 4. The van der Waals surface area contributed by atoms with Crippen LogP contribution in [-0.2, 0) is 0 Å². The Kier molecular flexibility index (Phi) is 4.49. The third-order valence-electron chi connectivity index (χ3n) is 4.41. The van der Waals surface area contributed by atoms with Gasteiger partial charge in [0.25, 0.3) is 5.91 Å². The molecule has 140 valence electrons. The van der Waals surface area contributed by atoms with Crippen LogP contribution in [0.2, 0.25) is 0 Å². The highest BCUT2D eigenvalue weighted by Gasteiger charge is 2.13. The molecule has 0 aliphatic carbocycles. The molecule has 2 heterocycles. The molecular weight excluding hydrogens is 352 g/mol. The lowest BCUT2D eigenvalue weighted by Gasteiger charge is -2.11. The number of amides is 1. The molecule has 4 rings (SSSR count). The molecule has 0 radical (unpaired) electrons. The van der Waals surface area contributed by atoms with E-state index in [4.69, 9.17) is 9.97 Å². The number of aryl methyl sites for hydroxylation is 2. The van der Waals surface area contributed by atoms with Gasteiger partial charge in [0.2, 0.25) is 0 Å². The first-order valence-corrected chi connectivity index (χ1v) is 8.93. The molecule has 4 aromatic rings. The topological polar surface area (TPSA) is 95.6 Å². The third-order valence-corrected chi connectivity index (χ3v) is 4.41. The van der Waals surface area contributed by atoms with Crippen LogP contribution in [0.25, 0.3) is 22.3 Å². The Morgan fingerprint density at radius 2 is 1.89 bits per heavy atom. The first-order chi connectivity index (χ1) is 13.5. The molecule has 0 spiro atoms. The summed E-state index contributed by atoms with van der Waals surface area (Å²) < 4.78 is 0. The van der Waals surface area contributed by atoms with Gasteiger partial charge in [0.15, 0.2) is 11.6 Å². The van der Waals surface area contributed by atoms with E-state index in [1.54, 1.807) is 19.2 Å². The number of carbonyl (C=O) groups excluding carboxylic acids is 1. The molecule has 0 aliphatic heterocycles. The Bertz CT molecular complexity index is 1180. The number of nitrogens with zero attached hydrogens (tertiary/aromatic N) is 3. The van der Waals surface area contributed by atoms with Crippen LogP contribution in [0.1, 0.15) is 21.6 Å². The molecule has 7 heteroatoms. The van der Waals surface area contributed by atoms with E-state index in [0.29, 0.717) is 28.5 Å². The summed E-state index contributed by atoms with van der Waals surface area (Å²) in [6.07, 6.45) is 0. The van der Waals surface area contributed by atoms with Crippen LogP contribution in [0, 0.1) is 13.8 Å². The number of fused-ring (bicyclic) bond motifs is 1. The number of H-pyrrole nitrogens is 1. The van der Waals surface area contributed by atoms with Crippen LogP contribution in [0.3, 0.4) is 0 Å². The standard InChI is InChI=1S/C21H20N6O/c1-12-5-4-6-14(9-12)19-23-17-11-15(21(28)22-3)7-8-16(17)20(25-19)24-18-10-13(2)26-27-18/h4-11H,1-3H3,(H,22,28)(H2,23,24,25,26,27). The number of carbonyl (C=O) groups is 1. The molecule has 7 nitrogen and oxygen atoms in total. The molecule has 0 fully saturated rings. The van der Waals surface area contributed by atoms with Crippen LogP contribution in [-0.4, -0.2) is 33.1 Å². The maximum atomic E-state index is 12.1. The molecule has 3 N–H and O–H groups in total. The molecule has 0 saturated heterocycles. The van der Waals surface area contributed by atoms with Gasteiger partial charge in [0.1, 0.15) is 5.82 Å². The third kappa shape index (κ3) is 3.42. The van der Waals surface area contributed by atoms with E-state index in [2.05, 4.69) is 20.8 Å². The molecular formula is C21H20N6O. The van der Waals surface area contributed by atoms with Crippen molar-refractivity contribution in [3.63, 3.8) is 0 Å². The predicted molar refractivity (Wildman–Crippen MR) is 110 cm³/mol. The summed E-state index contributed by atoms with van der Waals surface area (Å²) in [5.41, 5.74) is 4.21. The Balaban J connectivity index is 1.90. The fourth-order valence-electron chi connectivity index (χ4n) is 3.03. The molecule has 0 aliphatic rings. The highest BCUT2D eigenvalue weighted by Crippen LogP contribution is 2.28. The van der Waals surface area contributed by atoms with Crippen molar-refractivity contribution in [1.82, 2.24) is 25.5 Å². The number of benzene rings is 2. The van der Waals surface area contributed by atoms with Crippen molar-refractivity contribution in [2.45, 2.75) is 13.8 Å². The molecule has 0 bridgehead atoms. The quantitative estimate of drug-likeness (QED) is 0.507. The Morgan fingerprint density at radius 3 is 2.61 bits per heavy atom. The van der Waals surface area contributed by atoms with Gasteiger partial charge >= 0.3 is 0 Å². The molecule has 2 aromatic heterocycles. The molecule has 2 aromatic carbocycles. The van der Waals surface area contributed by atoms with Gasteiger partial charge < -0.3 is 10.6 Å². The van der Waals surface area contributed by atoms with E-state index in [0.717, 1.165) is 22.2 Å². The fraction of sp³-hybridized carbons (Fsp3) is 0.143. The second-order valence-electron chi connectivity index (χ2n) is 6.64. The molecule has 0 unspecified atom stereocenters. The van der Waals surface area contributed by atoms with Crippen molar-refractivity contribution >= 4 is 28.4 Å². The minimum atomic E-state index is -0.157. The monoisotopic (exact) mass is 372 g/mol. The fourth-order valence-corrected chi connectivity index (χ4v) is 3.03. The number of hydrogen-bond acceptors (Lipinski definition) is 5. The van der Waals surface area contributed by atoms with E-state index in [9.17, 15) is 4.79 Å². The maximum Gasteiger partial charge on any atom is 0.251 e. The number of aromatic amines is 1. The number of aromatic nitrogens is 4. The van der Waals surface area contributed by atoms with Crippen LogP contribution >= 0.6 is 0 Å². The first-order valence-electron chi connectivity index (χ1n) is 8.93. The van der Waals surface area contributed by atoms with Gasteiger partial charge in [-0.3, -0.25) is 9.89 Å². The van der Waals surface area contributed by atoms with Crippen LogP contribution in [0.15, 0.2) is 48.5 Å². The van der Waals surface area contributed by atoms with E-state index < -0.39 is 0 Å². The Morgan fingerprint density at radius 1 is 1.04 bits per heavy atom. The average molecular weight is 372 g/mol. The Hall–Kier alpha value is -3.74. The van der Waals surface area contributed by atoms with E-state index in [-0.39, 0.29) is 5.91 Å². The highest BCUT2D eigenvalue weighted by molar-refractivity contribution is 6.00. The zero-order chi connectivity index (χ0) is 19.7. The highest BCUT2D eigenvalue weighted by atomic mass is 16.1. The van der Waals surface area contributed by atoms with Crippen molar-refractivity contribution < 1.29 is 4.79 Å². The summed E-state index contributed by atoms with van der Waals surface area (Å²) in [5, 5.41) is 13.9. The van der Waals surface area contributed by atoms with E-state index in [1.807, 2.05) is 50.2 Å². The van der Waals surface area contributed by atoms with Gasteiger partial charge in [-0.2, -0.15) is 5.10 Å². The largest absolute Gasteiger partial charge is 0.355 e. The lowest BCUT2D eigenvalue weighted by Crippen LogP contribution is -2.17. The normalized spacial score (nSPS) is 10.8. The van der Waals surface area contributed by atoms with Gasteiger partial charge in [-0.1, -0.05) is 23.8 Å². The summed E-state index contributed by atoms with van der Waals surface area (Å²) in [6, 6.07) is 15.3. The minimum Gasteiger partial charge on any atom is -0.355 e. The summed E-state index contributed by atoms with van der Waals surface area (Å²) in [6.45, 7) is 3.96. The number of anilines is 2. The van der Waals surface area contributed by atoms with Crippen LogP contribution in [0.5, 0.6) is 0 Å². The van der Waals surface area contributed by atoms with Gasteiger partial charge in [0, 0.05) is 35.3 Å². The van der Waals surface area contributed by atoms with E-state index in [1.165, 1.54) is 0 Å². The first kappa shape index (κ1) is 17.7. The van der Waals surface area contributed by atoms with Crippen molar-refractivity contribution in [2.75, 3.05) is 12.4 Å². The lowest BCUT2D eigenvalue weighted by atomic mass is 10.1. The second-order valence-corrected chi connectivity index (χ2v) is 6.64. The van der Waals surface area contributed by atoms with Gasteiger partial charge in [-0.05, 0) is 38.1 Å². The zero-order valence-electron chi connectivity index (χ0n) is 15.9. The molecule has 28 heavy (non-hydrogen) atoms. The van der Waals surface area contributed by atoms with Crippen LogP contribution in [0.4, 0.5) is 11.6 Å². The summed E-state index contributed by atoms with van der Waals surface area (Å²) in [7, 11) is 1.61. The molecule has 1 amide bonds. The maximum absolute atomic E-state index is 12.1. The number of hydrogen-bond donors (Lipinski definition) is 3. The molecule has 0 saturated carbocycles. The van der Waals surface area contributed by atoms with Crippen molar-refractivity contribution in [2.24, 2.45) is 0 Å². The van der Waals surface area contributed by atoms with Crippen molar-refractivity contribution in [3.05, 3.63) is 65.4 Å². The summed E-state index contributed by atoms with van der Waals surface area (Å²) in [4.78, 5) is 21.5. The molecule has 0 atom stereocenters. The summed E-state index contributed by atoms with van der Waals surface area (Å²) >= 11 is 0. The predicted octanol–water partition coefficient (Wildman–Crippen LogP) is 3.74. The van der Waals surface area contributed by atoms with Crippen molar-refractivity contribution in [3.8, 4) is 11.4 Å². The van der Waals surface area contributed by atoms with Gasteiger partial charge in [-0.15, -0.1) is 0 Å². The SMILES string of the molecule is CNC(=O)c1ccc2c(Nc3cc(C)[nH]n3)nc(-c3cccc(C)c3)nc2c1. The van der Waals surface area contributed by atoms with Gasteiger partial charge in [0.05, 0.1) is 5.52 Å². The average Bonchev–Trinajstić information content (AvgIpc) is 3.11. The zero-order valence-corrected chi connectivity index (χ0v) is 15.9. The van der Waals surface area contributed by atoms with Crippen LogP contribution < -0.4 is 10.6 Å². The lowest BCUT2D eigenvalue weighted by molar-refractivity contribution is 0.0963. The van der Waals surface area contributed by atoms with Crippen molar-refractivity contribution in [1.29, 1.82) is 0 Å². The second kappa shape index (κ2) is 7.11. The summed E-state index contributed by atoms with van der Waals surface area (Å²) in [5.74, 6) is 1.73. The van der Waals surface area contributed by atoms with Gasteiger partial charge in [-0.25, -0.2) is 9.97 Å². The smallest absolute Gasteiger partial charge is 0.251 e. The van der Waals surface area contributed by atoms with E-state index >= 15 is 0 Å². The Labute approximate surface area is 162 Å². The minimum absolute atomic E-state index is 0.157. The number of nitrogens with one attached hydrogen (secondary N) is 3.